The van der Waals surface area contributed by atoms with Gasteiger partial charge in [-0.2, -0.15) is 5.10 Å². The maximum Gasteiger partial charge on any atom is 0.257 e. The highest BCUT2D eigenvalue weighted by atomic mass is 16.1. The highest BCUT2D eigenvalue weighted by molar-refractivity contribution is 6.00. The van der Waals surface area contributed by atoms with Gasteiger partial charge >= 0.3 is 0 Å². The first-order chi connectivity index (χ1) is 10.6. The number of carbonyl (C=O) groups is 1. The van der Waals surface area contributed by atoms with Crippen molar-refractivity contribution in [2.24, 2.45) is 0 Å². The van der Waals surface area contributed by atoms with Crippen LogP contribution in [-0.2, 0) is 0 Å². The molecule has 0 bridgehead atoms. The van der Waals surface area contributed by atoms with Gasteiger partial charge in [0.2, 0.25) is 0 Å². The number of nitrogens with one attached hydrogen (secondary N) is 1. The van der Waals surface area contributed by atoms with E-state index in [-0.39, 0.29) is 11.4 Å². The second-order valence-electron chi connectivity index (χ2n) is 6.81. The normalized spacial score (nSPS) is 23.0. The van der Waals surface area contributed by atoms with E-state index in [9.17, 15) is 4.79 Å². The minimum Gasteiger partial charge on any atom is -0.354 e. The number of fused-ring (bicyclic) bond motifs is 1. The second kappa shape index (κ2) is 4.69. The van der Waals surface area contributed by atoms with Crippen molar-refractivity contribution < 1.29 is 4.79 Å². The van der Waals surface area contributed by atoms with Crippen molar-refractivity contribution in [1.82, 2.24) is 19.9 Å². The third kappa shape index (κ3) is 2.23. The van der Waals surface area contributed by atoms with Crippen molar-refractivity contribution in [2.45, 2.75) is 51.1 Å². The average molecular weight is 299 g/mol. The molecule has 6 heteroatoms. The van der Waals surface area contributed by atoms with E-state index in [2.05, 4.69) is 29.2 Å². The zero-order chi connectivity index (χ0) is 15.3. The van der Waals surface area contributed by atoms with Crippen molar-refractivity contribution in [2.75, 3.05) is 11.4 Å². The minimum absolute atomic E-state index is 0.0353. The molecule has 2 aromatic heterocycles. The molecule has 0 spiro atoms. The third-order valence-electron chi connectivity index (χ3n) is 4.86. The summed E-state index contributed by atoms with van der Waals surface area (Å²) in [6.07, 6.45) is 7.97. The zero-order valence-corrected chi connectivity index (χ0v) is 13.0. The van der Waals surface area contributed by atoms with Gasteiger partial charge in [-0.15, -0.1) is 0 Å². The summed E-state index contributed by atoms with van der Waals surface area (Å²) in [5.41, 5.74) is 1.16. The fourth-order valence-electron chi connectivity index (χ4n) is 3.11. The fraction of sp³-hybridized carbons (Fsp3) is 0.562. The van der Waals surface area contributed by atoms with Gasteiger partial charge in [-0.3, -0.25) is 4.79 Å². The van der Waals surface area contributed by atoms with Gasteiger partial charge in [0.1, 0.15) is 11.4 Å². The van der Waals surface area contributed by atoms with Gasteiger partial charge in [-0.1, -0.05) is 0 Å². The molecule has 22 heavy (non-hydrogen) atoms. The monoisotopic (exact) mass is 299 g/mol. The SMILES string of the molecule is C[C@H]1CCCN1c1ccn2ncc(C(=O)NC3(C)CC3)c2n1. The summed E-state index contributed by atoms with van der Waals surface area (Å²) in [5, 5.41) is 7.33. The average Bonchev–Trinajstić information content (AvgIpc) is 2.90. The van der Waals surface area contributed by atoms with Crippen LogP contribution in [0.4, 0.5) is 5.82 Å². The number of carbonyl (C=O) groups excluding carboxylic acids is 1. The molecule has 2 fully saturated rings. The van der Waals surface area contributed by atoms with E-state index in [1.807, 2.05) is 12.3 Å². The summed E-state index contributed by atoms with van der Waals surface area (Å²) in [6.45, 7) is 5.32. The first kappa shape index (κ1) is 13.5. The van der Waals surface area contributed by atoms with Crippen LogP contribution in [0.2, 0.25) is 0 Å². The van der Waals surface area contributed by atoms with Crippen LogP contribution in [0.3, 0.4) is 0 Å². The molecule has 1 aliphatic carbocycles. The second-order valence-corrected chi connectivity index (χ2v) is 6.81. The molecule has 1 saturated heterocycles. The highest BCUT2D eigenvalue weighted by Gasteiger charge is 2.39. The van der Waals surface area contributed by atoms with Crippen LogP contribution in [0.5, 0.6) is 0 Å². The molecule has 1 aliphatic heterocycles. The minimum atomic E-state index is -0.0749. The van der Waals surface area contributed by atoms with Crippen molar-refractivity contribution in [3.8, 4) is 0 Å². The lowest BCUT2D eigenvalue weighted by molar-refractivity contribution is 0.0937. The molecule has 0 aromatic carbocycles. The lowest BCUT2D eigenvalue weighted by atomic mass is 10.2. The molecule has 1 saturated carbocycles. The van der Waals surface area contributed by atoms with Crippen LogP contribution in [0.25, 0.3) is 5.65 Å². The Balaban J connectivity index is 1.68. The maximum atomic E-state index is 12.5. The van der Waals surface area contributed by atoms with E-state index in [1.165, 1.54) is 12.8 Å². The molecular weight excluding hydrogens is 278 g/mol. The van der Waals surface area contributed by atoms with Crippen molar-refractivity contribution in [3.63, 3.8) is 0 Å². The van der Waals surface area contributed by atoms with E-state index in [0.717, 1.165) is 25.2 Å². The molecule has 0 radical (unpaired) electrons. The Morgan fingerprint density at radius 3 is 2.95 bits per heavy atom. The Morgan fingerprint density at radius 2 is 2.27 bits per heavy atom. The van der Waals surface area contributed by atoms with Crippen LogP contribution in [0, 0.1) is 0 Å². The first-order valence-electron chi connectivity index (χ1n) is 7.99. The van der Waals surface area contributed by atoms with E-state index >= 15 is 0 Å². The topological polar surface area (TPSA) is 62.5 Å². The Bertz CT molecular complexity index is 733. The molecule has 2 aliphatic rings. The number of rotatable bonds is 3. The standard InChI is InChI=1S/C16H21N5O/c1-11-4-3-8-20(11)13-5-9-21-14(18-13)12(10-17-21)15(22)19-16(2)6-7-16/h5,9-11H,3-4,6-8H2,1-2H3,(H,19,22)/t11-/m0/s1. The van der Waals surface area contributed by atoms with Crippen LogP contribution in [0.1, 0.15) is 49.9 Å². The number of amides is 1. The number of nitrogens with zero attached hydrogens (tertiary/aromatic N) is 4. The smallest absolute Gasteiger partial charge is 0.257 e. The molecule has 1 atom stereocenters. The summed E-state index contributed by atoms with van der Waals surface area (Å²) in [4.78, 5) is 19.5. The Morgan fingerprint density at radius 1 is 1.45 bits per heavy atom. The predicted octanol–water partition coefficient (Wildman–Crippen LogP) is 2.00. The molecule has 1 amide bonds. The van der Waals surface area contributed by atoms with Crippen LogP contribution in [0.15, 0.2) is 18.5 Å². The molecule has 6 nitrogen and oxygen atoms in total. The van der Waals surface area contributed by atoms with Gasteiger partial charge in [0.25, 0.3) is 5.91 Å². The van der Waals surface area contributed by atoms with Crippen LogP contribution < -0.4 is 10.2 Å². The highest BCUT2D eigenvalue weighted by Crippen LogP contribution is 2.34. The summed E-state index contributed by atoms with van der Waals surface area (Å²) in [7, 11) is 0. The third-order valence-corrected chi connectivity index (χ3v) is 4.86. The number of hydrogen-bond donors (Lipinski definition) is 1. The predicted molar refractivity (Wildman–Crippen MR) is 84.1 cm³/mol. The largest absolute Gasteiger partial charge is 0.354 e. The van der Waals surface area contributed by atoms with Crippen LogP contribution in [-0.4, -0.2) is 38.6 Å². The summed E-state index contributed by atoms with van der Waals surface area (Å²) < 4.78 is 1.67. The maximum absolute atomic E-state index is 12.5. The van der Waals surface area contributed by atoms with Gasteiger partial charge in [0.05, 0.1) is 6.20 Å². The lowest BCUT2D eigenvalue weighted by Crippen LogP contribution is -2.34. The van der Waals surface area contributed by atoms with Gasteiger partial charge in [-0.05, 0) is 45.6 Å². The number of aromatic nitrogens is 3. The molecule has 116 valence electrons. The van der Waals surface area contributed by atoms with Crippen molar-refractivity contribution >= 4 is 17.4 Å². The quantitative estimate of drug-likeness (QED) is 0.941. The molecule has 0 unspecified atom stereocenters. The fourth-order valence-corrected chi connectivity index (χ4v) is 3.11. The summed E-state index contributed by atoms with van der Waals surface area (Å²) in [6, 6.07) is 2.48. The number of hydrogen-bond acceptors (Lipinski definition) is 4. The molecule has 3 heterocycles. The van der Waals surface area contributed by atoms with E-state index < -0.39 is 0 Å². The van der Waals surface area contributed by atoms with Gasteiger partial charge in [0.15, 0.2) is 5.65 Å². The Labute approximate surface area is 129 Å². The molecule has 1 N–H and O–H groups in total. The van der Waals surface area contributed by atoms with Crippen molar-refractivity contribution in [1.29, 1.82) is 0 Å². The summed E-state index contributed by atoms with van der Waals surface area (Å²) >= 11 is 0. The van der Waals surface area contributed by atoms with E-state index in [4.69, 9.17) is 4.98 Å². The van der Waals surface area contributed by atoms with Gasteiger partial charge in [-0.25, -0.2) is 9.50 Å². The zero-order valence-electron chi connectivity index (χ0n) is 13.0. The lowest BCUT2D eigenvalue weighted by Gasteiger charge is -2.22. The van der Waals surface area contributed by atoms with Gasteiger partial charge < -0.3 is 10.2 Å². The number of anilines is 1. The Kier molecular flexibility index (Phi) is 2.89. The van der Waals surface area contributed by atoms with Gasteiger partial charge in [0, 0.05) is 24.3 Å². The van der Waals surface area contributed by atoms with E-state index in [1.54, 1.807) is 10.7 Å². The van der Waals surface area contributed by atoms with Crippen molar-refractivity contribution in [3.05, 3.63) is 24.0 Å². The van der Waals surface area contributed by atoms with E-state index in [0.29, 0.717) is 17.3 Å². The summed E-state index contributed by atoms with van der Waals surface area (Å²) in [5.74, 6) is 0.860. The Hall–Kier alpha value is -2.11. The molecule has 4 rings (SSSR count). The molecular formula is C16H21N5O. The van der Waals surface area contributed by atoms with Crippen LogP contribution >= 0.6 is 0 Å². The first-order valence-corrected chi connectivity index (χ1v) is 7.99. The molecule has 2 aromatic rings.